The molecule has 0 spiro atoms. The van der Waals surface area contributed by atoms with E-state index in [4.69, 9.17) is 4.74 Å². The van der Waals surface area contributed by atoms with E-state index in [0.29, 0.717) is 6.61 Å². The monoisotopic (exact) mass is 362 g/mol. The van der Waals surface area contributed by atoms with Crippen LogP contribution in [0.5, 0.6) is 5.75 Å². The van der Waals surface area contributed by atoms with Crippen LogP contribution in [0, 0.1) is 0 Å². The zero-order valence-electron chi connectivity index (χ0n) is 17.1. The first-order chi connectivity index (χ1) is 12.7. The molecule has 142 valence electrons. The van der Waals surface area contributed by atoms with E-state index in [9.17, 15) is 4.79 Å². The molecule has 0 heterocycles. The lowest BCUT2D eigenvalue weighted by atomic mass is 9.62. The number of allylic oxidation sites excluding steroid dienone is 2. The maximum absolute atomic E-state index is 11.1. The molecule has 3 rings (SSSR count). The molecular formula is C25H30O2. The normalized spacial score (nSPS) is 17.9. The largest absolute Gasteiger partial charge is 0.488 e. The van der Waals surface area contributed by atoms with Gasteiger partial charge in [0.2, 0.25) is 0 Å². The molecule has 0 unspecified atom stereocenters. The SMILES string of the molecule is C/C(=C\C=O)c1cc2c(cc1OCc1ccccc1)C(C)(C)CCC2(C)C. The highest BCUT2D eigenvalue weighted by Gasteiger charge is 2.38. The predicted molar refractivity (Wildman–Crippen MR) is 112 cm³/mol. The summed E-state index contributed by atoms with van der Waals surface area (Å²) in [5.74, 6) is 0.860. The van der Waals surface area contributed by atoms with Crippen molar-refractivity contribution in [2.75, 3.05) is 0 Å². The lowest BCUT2D eigenvalue weighted by molar-refractivity contribution is -0.104. The third-order valence-electron chi connectivity index (χ3n) is 5.93. The molecule has 0 atom stereocenters. The van der Waals surface area contributed by atoms with Gasteiger partial charge in [0.25, 0.3) is 0 Å². The Morgan fingerprint density at radius 2 is 1.59 bits per heavy atom. The number of hydrogen-bond donors (Lipinski definition) is 0. The summed E-state index contributed by atoms with van der Waals surface area (Å²) in [5.41, 5.74) is 6.08. The van der Waals surface area contributed by atoms with Crippen molar-refractivity contribution in [2.45, 2.75) is 64.9 Å². The van der Waals surface area contributed by atoms with E-state index in [1.54, 1.807) is 6.08 Å². The minimum atomic E-state index is 0.122. The predicted octanol–water partition coefficient (Wildman–Crippen LogP) is 6.22. The van der Waals surface area contributed by atoms with Gasteiger partial charge in [-0.15, -0.1) is 0 Å². The molecule has 2 nitrogen and oxygen atoms in total. The second kappa shape index (κ2) is 7.34. The highest BCUT2D eigenvalue weighted by Crippen LogP contribution is 2.48. The molecule has 2 aromatic carbocycles. The summed E-state index contributed by atoms with van der Waals surface area (Å²) in [6.45, 7) is 11.8. The van der Waals surface area contributed by atoms with Gasteiger partial charge in [0, 0.05) is 5.56 Å². The Hall–Kier alpha value is -2.35. The molecular weight excluding hydrogens is 332 g/mol. The summed E-state index contributed by atoms with van der Waals surface area (Å²) < 4.78 is 6.26. The first-order valence-electron chi connectivity index (χ1n) is 9.73. The summed E-state index contributed by atoms with van der Waals surface area (Å²) in [4.78, 5) is 11.1. The standard InChI is InChI=1S/C25H30O2/c1-18(11-14-26)20-15-21-22(25(4,5)13-12-24(21,2)3)16-23(20)27-17-19-9-7-6-8-10-19/h6-11,14-16H,12-13,17H2,1-5H3/b18-11+. The Bertz CT molecular complexity index is 857. The molecule has 0 aromatic heterocycles. The first kappa shape index (κ1) is 19.4. The molecule has 1 aliphatic carbocycles. The number of fused-ring (bicyclic) bond motifs is 1. The highest BCUT2D eigenvalue weighted by atomic mass is 16.5. The Morgan fingerprint density at radius 1 is 1.00 bits per heavy atom. The fourth-order valence-electron chi connectivity index (χ4n) is 3.95. The minimum absolute atomic E-state index is 0.122. The van der Waals surface area contributed by atoms with Gasteiger partial charge in [-0.05, 0) is 71.1 Å². The molecule has 0 saturated carbocycles. The molecule has 2 heteroatoms. The fourth-order valence-corrected chi connectivity index (χ4v) is 3.95. The average molecular weight is 363 g/mol. The maximum Gasteiger partial charge on any atom is 0.143 e. The highest BCUT2D eigenvalue weighted by molar-refractivity contribution is 5.83. The second-order valence-electron chi connectivity index (χ2n) is 8.92. The third-order valence-corrected chi connectivity index (χ3v) is 5.93. The van der Waals surface area contributed by atoms with Crippen molar-refractivity contribution < 1.29 is 9.53 Å². The smallest absolute Gasteiger partial charge is 0.143 e. The van der Waals surface area contributed by atoms with Crippen LogP contribution in [0.3, 0.4) is 0 Å². The summed E-state index contributed by atoms with van der Waals surface area (Å²) in [5, 5.41) is 0. The van der Waals surface area contributed by atoms with Gasteiger partial charge in [-0.3, -0.25) is 4.79 Å². The molecule has 0 fully saturated rings. The van der Waals surface area contributed by atoms with Crippen molar-refractivity contribution in [1.82, 2.24) is 0 Å². The number of carbonyl (C=O) groups excluding carboxylic acids is 1. The number of ether oxygens (including phenoxy) is 1. The quantitative estimate of drug-likeness (QED) is 0.466. The van der Waals surface area contributed by atoms with Crippen molar-refractivity contribution in [3.8, 4) is 5.75 Å². The Kier molecular flexibility index (Phi) is 5.28. The van der Waals surface area contributed by atoms with Gasteiger partial charge in [-0.2, -0.15) is 0 Å². The third kappa shape index (κ3) is 4.00. The van der Waals surface area contributed by atoms with Gasteiger partial charge in [0.05, 0.1) is 0 Å². The Labute approximate surface area is 163 Å². The van der Waals surface area contributed by atoms with Crippen LogP contribution in [0.1, 0.15) is 69.7 Å². The lowest BCUT2D eigenvalue weighted by Gasteiger charge is -2.42. The number of carbonyl (C=O) groups is 1. The van der Waals surface area contributed by atoms with E-state index in [1.807, 2.05) is 25.1 Å². The van der Waals surface area contributed by atoms with E-state index in [2.05, 4.69) is 52.0 Å². The van der Waals surface area contributed by atoms with Crippen LogP contribution in [-0.2, 0) is 22.2 Å². The fraction of sp³-hybridized carbons (Fsp3) is 0.400. The molecule has 0 amide bonds. The molecule has 0 saturated heterocycles. The molecule has 2 aromatic rings. The molecule has 27 heavy (non-hydrogen) atoms. The van der Waals surface area contributed by atoms with E-state index in [-0.39, 0.29) is 10.8 Å². The zero-order valence-corrected chi connectivity index (χ0v) is 17.1. The summed E-state index contributed by atoms with van der Waals surface area (Å²) in [6, 6.07) is 14.7. The number of benzene rings is 2. The zero-order chi connectivity index (χ0) is 19.7. The van der Waals surface area contributed by atoms with Crippen LogP contribution >= 0.6 is 0 Å². The van der Waals surface area contributed by atoms with Gasteiger partial charge < -0.3 is 4.74 Å². The Balaban J connectivity index is 2.10. The van der Waals surface area contributed by atoms with Crippen molar-refractivity contribution in [3.63, 3.8) is 0 Å². The van der Waals surface area contributed by atoms with Crippen LogP contribution in [0.25, 0.3) is 5.57 Å². The molecule has 0 N–H and O–H groups in total. The number of rotatable bonds is 5. The van der Waals surface area contributed by atoms with Crippen molar-refractivity contribution in [2.24, 2.45) is 0 Å². The van der Waals surface area contributed by atoms with Crippen LogP contribution in [0.15, 0.2) is 48.5 Å². The first-order valence-corrected chi connectivity index (χ1v) is 9.73. The maximum atomic E-state index is 11.1. The van der Waals surface area contributed by atoms with Gasteiger partial charge in [-0.1, -0.05) is 58.0 Å². The van der Waals surface area contributed by atoms with Crippen LogP contribution in [-0.4, -0.2) is 6.29 Å². The van der Waals surface area contributed by atoms with Gasteiger partial charge in [0.1, 0.15) is 18.6 Å². The Morgan fingerprint density at radius 3 is 2.19 bits per heavy atom. The molecule has 0 radical (unpaired) electrons. The van der Waals surface area contributed by atoms with Crippen molar-refractivity contribution >= 4 is 11.9 Å². The van der Waals surface area contributed by atoms with Crippen molar-refractivity contribution in [3.05, 3.63) is 70.8 Å². The van der Waals surface area contributed by atoms with Gasteiger partial charge in [-0.25, -0.2) is 0 Å². The molecule has 0 bridgehead atoms. The molecule has 0 aliphatic heterocycles. The van der Waals surface area contributed by atoms with Crippen molar-refractivity contribution in [1.29, 1.82) is 0 Å². The van der Waals surface area contributed by atoms with E-state index in [1.165, 1.54) is 11.1 Å². The van der Waals surface area contributed by atoms with E-state index < -0.39 is 0 Å². The summed E-state index contributed by atoms with van der Waals surface area (Å²) in [6.07, 6.45) is 4.80. The van der Waals surface area contributed by atoms with Gasteiger partial charge in [0.15, 0.2) is 0 Å². The minimum Gasteiger partial charge on any atom is -0.488 e. The molecule has 1 aliphatic rings. The van der Waals surface area contributed by atoms with Crippen LogP contribution < -0.4 is 4.74 Å². The second-order valence-corrected chi connectivity index (χ2v) is 8.92. The summed E-state index contributed by atoms with van der Waals surface area (Å²) >= 11 is 0. The van der Waals surface area contributed by atoms with Crippen LogP contribution in [0.2, 0.25) is 0 Å². The summed E-state index contributed by atoms with van der Waals surface area (Å²) in [7, 11) is 0. The van der Waals surface area contributed by atoms with E-state index in [0.717, 1.165) is 41.6 Å². The number of aldehydes is 1. The van der Waals surface area contributed by atoms with Crippen LogP contribution in [0.4, 0.5) is 0 Å². The average Bonchev–Trinajstić information content (AvgIpc) is 2.64. The van der Waals surface area contributed by atoms with Gasteiger partial charge >= 0.3 is 0 Å². The van der Waals surface area contributed by atoms with E-state index >= 15 is 0 Å². The topological polar surface area (TPSA) is 26.3 Å². The lowest BCUT2D eigenvalue weighted by Crippen LogP contribution is -2.34. The number of hydrogen-bond acceptors (Lipinski definition) is 2.